The Morgan fingerprint density at radius 1 is 0.359 bits per heavy atom. The first kappa shape index (κ1) is 36.0. The quantitative estimate of drug-likeness (QED) is 0.157. The van der Waals surface area contributed by atoms with Crippen LogP contribution in [0, 0.1) is 0 Å². The second-order valence-electron chi connectivity index (χ2n) is 16.3. The van der Waals surface area contributed by atoms with Crippen LogP contribution < -0.4 is 0 Å². The van der Waals surface area contributed by atoms with Gasteiger partial charge < -0.3 is 8.98 Å². The predicted octanol–water partition coefficient (Wildman–Crippen LogP) is 15.5. The molecule has 0 aliphatic carbocycles. The van der Waals surface area contributed by atoms with Gasteiger partial charge in [0.25, 0.3) is 0 Å². The van der Waals surface area contributed by atoms with E-state index in [1.807, 2.05) is 30.3 Å². The Kier molecular flexibility index (Phi) is 8.15. The van der Waals surface area contributed by atoms with Crippen molar-refractivity contribution in [1.82, 2.24) is 19.5 Å². The number of aromatic nitrogens is 4. The Hall–Kier alpha value is -8.67. The van der Waals surface area contributed by atoms with Crippen LogP contribution >= 0.6 is 0 Å². The molecule has 5 nitrogen and oxygen atoms in total. The zero-order valence-corrected chi connectivity index (χ0v) is 34.5. The molecule has 0 radical (unpaired) electrons. The van der Waals surface area contributed by atoms with Gasteiger partial charge in [-0.15, -0.1) is 0 Å². The number of rotatable bonds is 6. The largest absolute Gasteiger partial charge is 0.455 e. The van der Waals surface area contributed by atoms with Gasteiger partial charge in [-0.2, -0.15) is 0 Å². The molecule has 0 spiro atoms. The van der Waals surface area contributed by atoms with Gasteiger partial charge in [0.15, 0.2) is 5.82 Å². The van der Waals surface area contributed by atoms with Crippen molar-refractivity contribution in [2.24, 2.45) is 0 Å². The van der Waals surface area contributed by atoms with Crippen molar-refractivity contribution in [3.63, 3.8) is 0 Å². The predicted molar refractivity (Wildman–Crippen MR) is 264 cm³/mol. The highest BCUT2D eigenvalue weighted by Gasteiger charge is 2.20. The first-order valence-corrected chi connectivity index (χ1v) is 21.6. The molecule has 4 heterocycles. The van der Waals surface area contributed by atoms with Gasteiger partial charge >= 0.3 is 0 Å². The number of benzene rings is 9. The summed E-state index contributed by atoms with van der Waals surface area (Å²) in [5, 5.41) is 7.89. The summed E-state index contributed by atoms with van der Waals surface area (Å²) < 4.78 is 9.03. The van der Waals surface area contributed by atoms with Crippen LogP contribution in [0.5, 0.6) is 0 Å². The summed E-state index contributed by atoms with van der Waals surface area (Å²) in [7, 11) is 0. The van der Waals surface area contributed by atoms with E-state index >= 15 is 0 Å². The molecule has 298 valence electrons. The maximum Gasteiger partial charge on any atom is 0.160 e. The molecule has 0 aliphatic rings. The summed E-state index contributed by atoms with van der Waals surface area (Å²) in [5.41, 5.74) is 14.9. The maximum atomic E-state index is 6.68. The van der Waals surface area contributed by atoms with Crippen LogP contribution in [0.25, 0.3) is 127 Å². The van der Waals surface area contributed by atoms with Crippen LogP contribution in [-0.4, -0.2) is 19.5 Å². The van der Waals surface area contributed by atoms with Crippen molar-refractivity contribution in [3.05, 3.63) is 218 Å². The topological polar surface area (TPSA) is 56.7 Å². The van der Waals surface area contributed by atoms with Crippen LogP contribution in [0.3, 0.4) is 0 Å². The fraction of sp³-hybridized carbons (Fsp3) is 0. The second-order valence-corrected chi connectivity index (χ2v) is 16.3. The molecule has 5 heteroatoms. The molecule has 0 fully saturated rings. The molecule has 0 saturated heterocycles. The molecule has 13 aromatic rings. The van der Waals surface area contributed by atoms with E-state index in [2.05, 4.69) is 193 Å². The molecule has 0 saturated carbocycles. The molecule has 0 N–H and O–H groups in total. The molecular formula is C59H36N4O. The van der Waals surface area contributed by atoms with Gasteiger partial charge in [-0.3, -0.25) is 0 Å². The number of furan rings is 1. The van der Waals surface area contributed by atoms with Crippen LogP contribution in [0.2, 0.25) is 0 Å². The number of pyridine rings is 1. The Morgan fingerprint density at radius 2 is 0.969 bits per heavy atom. The maximum absolute atomic E-state index is 6.68. The van der Waals surface area contributed by atoms with Crippen LogP contribution in [0.4, 0.5) is 0 Å². The minimum Gasteiger partial charge on any atom is -0.455 e. The molecule has 0 amide bonds. The van der Waals surface area contributed by atoms with Gasteiger partial charge in [0.1, 0.15) is 11.2 Å². The molecule has 0 aliphatic heterocycles. The molecular weight excluding hydrogens is 781 g/mol. The Balaban J connectivity index is 0.905. The smallest absolute Gasteiger partial charge is 0.160 e. The van der Waals surface area contributed by atoms with Gasteiger partial charge in [-0.25, -0.2) is 15.0 Å². The standard InChI is InChI=1S/C59H36N4O/c1-2-15-40(16-3-1)59-61-50(36-51(62-59)42-18-13-20-44(35-42)63-52-25-9-6-22-46(52)47-23-7-10-26-53(47)63)39-30-28-37(29-31-39)41-17-12-19-43(34-41)57-56-48-24-8-11-27-54(48)64-58(56)55-45-21-5-4-14-38(45)32-33-49(55)60-57/h1-36H. The summed E-state index contributed by atoms with van der Waals surface area (Å²) in [6.45, 7) is 0. The second kappa shape index (κ2) is 14.5. The Morgan fingerprint density at radius 3 is 1.77 bits per heavy atom. The number of nitrogens with zero attached hydrogens (tertiary/aromatic N) is 4. The lowest BCUT2D eigenvalue weighted by Gasteiger charge is -2.13. The van der Waals surface area contributed by atoms with Gasteiger partial charge in [0.2, 0.25) is 0 Å². The van der Waals surface area contributed by atoms with Crippen molar-refractivity contribution in [1.29, 1.82) is 0 Å². The number of para-hydroxylation sites is 3. The van der Waals surface area contributed by atoms with Crippen molar-refractivity contribution < 1.29 is 4.42 Å². The lowest BCUT2D eigenvalue weighted by Crippen LogP contribution is -1.98. The molecule has 4 aromatic heterocycles. The third-order valence-corrected chi connectivity index (χ3v) is 12.6. The van der Waals surface area contributed by atoms with Gasteiger partial charge in [-0.1, -0.05) is 170 Å². The summed E-state index contributed by atoms with van der Waals surface area (Å²) in [5.74, 6) is 0.682. The molecule has 9 aromatic carbocycles. The van der Waals surface area contributed by atoms with Crippen molar-refractivity contribution in [2.75, 3.05) is 0 Å². The zero-order valence-electron chi connectivity index (χ0n) is 34.5. The van der Waals surface area contributed by atoms with Crippen LogP contribution in [-0.2, 0) is 0 Å². The molecule has 0 atom stereocenters. The van der Waals surface area contributed by atoms with E-state index < -0.39 is 0 Å². The van der Waals surface area contributed by atoms with E-state index in [1.54, 1.807) is 0 Å². The van der Waals surface area contributed by atoms with Gasteiger partial charge in [0.05, 0.1) is 44.4 Å². The normalized spacial score (nSPS) is 11.8. The molecule has 0 bridgehead atoms. The highest BCUT2D eigenvalue weighted by molar-refractivity contribution is 6.25. The first-order valence-electron chi connectivity index (χ1n) is 21.6. The van der Waals surface area contributed by atoms with Crippen LogP contribution in [0.15, 0.2) is 223 Å². The summed E-state index contributed by atoms with van der Waals surface area (Å²) in [4.78, 5) is 15.7. The van der Waals surface area contributed by atoms with E-state index in [4.69, 9.17) is 19.4 Å². The highest BCUT2D eigenvalue weighted by atomic mass is 16.3. The molecule has 13 rings (SSSR count). The SMILES string of the molecule is c1ccc(-c2nc(-c3ccc(-c4cccc(-c5nc6ccc7ccccc7c6c6oc7ccccc7c56)c4)cc3)cc(-c3cccc(-n4c5ccccc5c5ccccc54)c3)n2)cc1. The Bertz CT molecular complexity index is 3900. The first-order chi connectivity index (χ1) is 31.7. The van der Waals surface area contributed by atoms with Crippen molar-refractivity contribution in [2.45, 2.75) is 0 Å². The monoisotopic (exact) mass is 816 g/mol. The van der Waals surface area contributed by atoms with E-state index in [0.717, 1.165) is 99.8 Å². The summed E-state index contributed by atoms with van der Waals surface area (Å²) >= 11 is 0. The van der Waals surface area contributed by atoms with E-state index in [0.29, 0.717) is 5.82 Å². The van der Waals surface area contributed by atoms with Crippen molar-refractivity contribution in [3.8, 4) is 62.0 Å². The van der Waals surface area contributed by atoms with Crippen LogP contribution in [0.1, 0.15) is 0 Å². The highest BCUT2D eigenvalue weighted by Crippen LogP contribution is 2.42. The molecule has 0 unspecified atom stereocenters. The molecule has 64 heavy (non-hydrogen) atoms. The lowest BCUT2D eigenvalue weighted by molar-refractivity contribution is 0.673. The van der Waals surface area contributed by atoms with Gasteiger partial charge in [0, 0.05) is 44.1 Å². The third-order valence-electron chi connectivity index (χ3n) is 12.6. The number of hydrogen-bond donors (Lipinski definition) is 0. The van der Waals surface area contributed by atoms with E-state index in [1.165, 1.54) is 21.8 Å². The minimum absolute atomic E-state index is 0.682. The average molecular weight is 817 g/mol. The van der Waals surface area contributed by atoms with E-state index in [-0.39, 0.29) is 0 Å². The third kappa shape index (κ3) is 5.83. The summed E-state index contributed by atoms with van der Waals surface area (Å²) in [6, 6.07) is 76.6. The van der Waals surface area contributed by atoms with E-state index in [9.17, 15) is 0 Å². The Labute approximate surface area is 368 Å². The van der Waals surface area contributed by atoms with Crippen molar-refractivity contribution >= 4 is 65.4 Å². The zero-order chi connectivity index (χ0) is 42.1. The minimum atomic E-state index is 0.682. The fourth-order valence-corrected chi connectivity index (χ4v) is 9.58. The fourth-order valence-electron chi connectivity index (χ4n) is 9.58. The average Bonchev–Trinajstić information content (AvgIpc) is 3.93. The van der Waals surface area contributed by atoms with Gasteiger partial charge in [-0.05, 0) is 70.4 Å². The number of hydrogen-bond acceptors (Lipinski definition) is 4. The number of fused-ring (bicyclic) bond motifs is 10. The lowest BCUT2D eigenvalue weighted by atomic mass is 9.96. The summed E-state index contributed by atoms with van der Waals surface area (Å²) in [6.07, 6.45) is 0.